The van der Waals surface area contributed by atoms with Crippen molar-refractivity contribution in [3.8, 4) is 0 Å². The monoisotopic (exact) mass is 334 g/mol. The molecule has 0 aromatic heterocycles. The summed E-state index contributed by atoms with van der Waals surface area (Å²) in [6, 6.07) is 12.1. The Balaban J connectivity index is 1.76. The van der Waals surface area contributed by atoms with Crippen molar-refractivity contribution >= 4 is 23.4 Å². The number of carbonyl (C=O) groups excluding carboxylic acids is 1. The number of nitro groups is 1. The van der Waals surface area contributed by atoms with Crippen LogP contribution in [0.5, 0.6) is 0 Å². The van der Waals surface area contributed by atoms with Gasteiger partial charge in [-0.05, 0) is 17.7 Å². The zero-order valence-electron chi connectivity index (χ0n) is 12.2. The van der Waals surface area contributed by atoms with Gasteiger partial charge in [0.2, 0.25) is 0 Å². The van der Waals surface area contributed by atoms with E-state index in [-0.39, 0.29) is 23.0 Å². The summed E-state index contributed by atoms with van der Waals surface area (Å²) in [5.74, 6) is 0.551. The summed E-state index contributed by atoms with van der Waals surface area (Å²) in [4.78, 5) is 22.0. The molecule has 0 aliphatic carbocycles. The van der Waals surface area contributed by atoms with Gasteiger partial charge in [0.1, 0.15) is 5.82 Å². The van der Waals surface area contributed by atoms with E-state index in [2.05, 4.69) is 5.32 Å². The van der Waals surface area contributed by atoms with E-state index in [0.717, 1.165) is 0 Å². The van der Waals surface area contributed by atoms with Crippen LogP contribution in [-0.4, -0.2) is 23.1 Å². The minimum absolute atomic E-state index is 0.119. The zero-order valence-corrected chi connectivity index (χ0v) is 13.0. The Morgan fingerprint density at radius 2 is 2.00 bits per heavy atom. The summed E-state index contributed by atoms with van der Waals surface area (Å²) in [6.45, 7) is 0.403. The third-order valence-electron chi connectivity index (χ3n) is 3.07. The standard InChI is InChI=1S/C16H15FN2O3S/c17-15-7-2-1-4-13(15)11-23-9-8-18-16(20)12-5-3-6-14(10-12)19(21)22/h1-7,10H,8-9,11H2,(H,18,20). The van der Waals surface area contributed by atoms with Gasteiger partial charge in [0.25, 0.3) is 11.6 Å². The number of nitrogens with one attached hydrogen (secondary N) is 1. The number of rotatable bonds is 7. The molecule has 120 valence electrons. The van der Waals surface area contributed by atoms with Crippen LogP contribution >= 0.6 is 11.8 Å². The molecule has 0 aliphatic rings. The second kappa shape index (κ2) is 8.28. The molecule has 0 fully saturated rings. The van der Waals surface area contributed by atoms with Gasteiger partial charge in [0.15, 0.2) is 0 Å². The zero-order chi connectivity index (χ0) is 16.7. The molecule has 1 N–H and O–H groups in total. The average Bonchev–Trinajstić information content (AvgIpc) is 2.56. The molecular formula is C16H15FN2O3S. The van der Waals surface area contributed by atoms with Crippen LogP contribution in [0, 0.1) is 15.9 Å². The molecule has 0 unspecified atom stereocenters. The fraction of sp³-hybridized carbons (Fsp3) is 0.188. The molecule has 0 saturated heterocycles. The van der Waals surface area contributed by atoms with Crippen LogP contribution in [0.3, 0.4) is 0 Å². The molecule has 2 aromatic rings. The lowest BCUT2D eigenvalue weighted by Gasteiger charge is -2.06. The Morgan fingerprint density at radius 1 is 1.22 bits per heavy atom. The van der Waals surface area contributed by atoms with Gasteiger partial charge < -0.3 is 5.32 Å². The lowest BCUT2D eigenvalue weighted by molar-refractivity contribution is -0.384. The lowest BCUT2D eigenvalue weighted by Crippen LogP contribution is -2.25. The minimum atomic E-state index is -0.541. The fourth-order valence-corrected chi connectivity index (χ4v) is 2.74. The number of thioether (sulfide) groups is 1. The fourth-order valence-electron chi connectivity index (χ4n) is 1.90. The van der Waals surface area contributed by atoms with E-state index in [1.54, 1.807) is 18.2 Å². The van der Waals surface area contributed by atoms with Crippen LogP contribution in [0.15, 0.2) is 48.5 Å². The molecule has 5 nitrogen and oxygen atoms in total. The number of halogens is 1. The molecule has 0 radical (unpaired) electrons. The van der Waals surface area contributed by atoms with Crippen molar-refractivity contribution in [3.63, 3.8) is 0 Å². The summed E-state index contributed by atoms with van der Waals surface area (Å²) in [5.41, 5.74) is 0.757. The van der Waals surface area contributed by atoms with Gasteiger partial charge in [0, 0.05) is 35.7 Å². The van der Waals surface area contributed by atoms with E-state index in [4.69, 9.17) is 0 Å². The van der Waals surface area contributed by atoms with Crippen LogP contribution < -0.4 is 5.32 Å². The summed E-state index contributed by atoms with van der Waals surface area (Å²) in [6.07, 6.45) is 0. The number of carbonyl (C=O) groups is 1. The number of hydrogen-bond donors (Lipinski definition) is 1. The lowest BCUT2D eigenvalue weighted by atomic mass is 10.2. The van der Waals surface area contributed by atoms with Gasteiger partial charge in [-0.2, -0.15) is 11.8 Å². The predicted molar refractivity (Wildman–Crippen MR) is 88.0 cm³/mol. The van der Waals surface area contributed by atoms with E-state index >= 15 is 0 Å². The van der Waals surface area contributed by atoms with Gasteiger partial charge in [-0.15, -0.1) is 0 Å². The number of benzene rings is 2. The quantitative estimate of drug-likeness (QED) is 0.478. The van der Waals surface area contributed by atoms with E-state index in [1.165, 1.54) is 42.1 Å². The molecule has 0 aliphatic heterocycles. The number of hydrogen-bond acceptors (Lipinski definition) is 4. The van der Waals surface area contributed by atoms with Crippen LogP contribution in [-0.2, 0) is 5.75 Å². The topological polar surface area (TPSA) is 72.2 Å². The highest BCUT2D eigenvalue weighted by Crippen LogP contribution is 2.15. The van der Waals surface area contributed by atoms with Crippen molar-refractivity contribution in [1.82, 2.24) is 5.32 Å². The minimum Gasteiger partial charge on any atom is -0.351 e. The molecule has 7 heteroatoms. The Labute approximate surface area is 137 Å². The van der Waals surface area contributed by atoms with Gasteiger partial charge in [0.05, 0.1) is 4.92 Å². The second-order valence-corrected chi connectivity index (χ2v) is 5.81. The Hall–Kier alpha value is -2.41. The Bertz CT molecular complexity index is 709. The third-order valence-corrected chi connectivity index (χ3v) is 4.07. The van der Waals surface area contributed by atoms with Crippen LogP contribution in [0.4, 0.5) is 10.1 Å². The summed E-state index contributed by atoms with van der Waals surface area (Å²) in [5, 5.41) is 13.4. The van der Waals surface area contributed by atoms with Crippen LogP contribution in [0.2, 0.25) is 0 Å². The highest BCUT2D eigenvalue weighted by molar-refractivity contribution is 7.98. The molecule has 0 heterocycles. The van der Waals surface area contributed by atoms with E-state index in [9.17, 15) is 19.3 Å². The van der Waals surface area contributed by atoms with Crippen molar-refractivity contribution in [1.29, 1.82) is 0 Å². The van der Waals surface area contributed by atoms with Crippen molar-refractivity contribution in [2.75, 3.05) is 12.3 Å². The molecule has 0 bridgehead atoms. The first-order chi connectivity index (χ1) is 11.1. The molecule has 0 spiro atoms. The summed E-state index contributed by atoms with van der Waals surface area (Å²) >= 11 is 1.50. The van der Waals surface area contributed by atoms with Crippen LogP contribution in [0.1, 0.15) is 15.9 Å². The third kappa shape index (κ3) is 5.07. The van der Waals surface area contributed by atoms with Crippen LogP contribution in [0.25, 0.3) is 0 Å². The van der Waals surface area contributed by atoms with Gasteiger partial charge in [-0.1, -0.05) is 24.3 Å². The molecule has 0 atom stereocenters. The number of nitro benzene ring substituents is 1. The number of amides is 1. The van der Waals surface area contributed by atoms with Crippen molar-refractivity contribution in [2.24, 2.45) is 0 Å². The Morgan fingerprint density at radius 3 is 2.74 bits per heavy atom. The van der Waals surface area contributed by atoms with E-state index < -0.39 is 4.92 Å². The average molecular weight is 334 g/mol. The molecule has 23 heavy (non-hydrogen) atoms. The number of nitrogens with zero attached hydrogens (tertiary/aromatic N) is 1. The first kappa shape index (κ1) is 17.0. The van der Waals surface area contributed by atoms with E-state index in [0.29, 0.717) is 23.6 Å². The van der Waals surface area contributed by atoms with Crippen molar-refractivity contribution in [2.45, 2.75) is 5.75 Å². The molecular weight excluding hydrogens is 319 g/mol. The van der Waals surface area contributed by atoms with Crippen molar-refractivity contribution in [3.05, 3.63) is 75.6 Å². The summed E-state index contributed by atoms with van der Waals surface area (Å²) < 4.78 is 13.4. The second-order valence-electron chi connectivity index (χ2n) is 4.71. The molecule has 2 rings (SSSR count). The maximum absolute atomic E-state index is 13.4. The van der Waals surface area contributed by atoms with Gasteiger partial charge >= 0.3 is 0 Å². The Kier molecular flexibility index (Phi) is 6.10. The smallest absolute Gasteiger partial charge is 0.270 e. The van der Waals surface area contributed by atoms with Gasteiger partial charge in [-0.3, -0.25) is 14.9 Å². The molecule has 1 amide bonds. The maximum atomic E-state index is 13.4. The summed E-state index contributed by atoms with van der Waals surface area (Å²) in [7, 11) is 0. The van der Waals surface area contributed by atoms with Crippen molar-refractivity contribution < 1.29 is 14.1 Å². The highest BCUT2D eigenvalue weighted by atomic mass is 32.2. The van der Waals surface area contributed by atoms with E-state index in [1.807, 2.05) is 0 Å². The molecule has 0 saturated carbocycles. The maximum Gasteiger partial charge on any atom is 0.270 e. The largest absolute Gasteiger partial charge is 0.351 e. The highest BCUT2D eigenvalue weighted by Gasteiger charge is 2.10. The predicted octanol–water partition coefficient (Wildman–Crippen LogP) is 3.40. The van der Waals surface area contributed by atoms with Gasteiger partial charge in [-0.25, -0.2) is 4.39 Å². The molecule has 2 aromatic carbocycles. The first-order valence-electron chi connectivity index (χ1n) is 6.92. The normalized spacial score (nSPS) is 10.3. The first-order valence-corrected chi connectivity index (χ1v) is 8.07. The number of non-ortho nitro benzene ring substituents is 1. The SMILES string of the molecule is O=C(NCCSCc1ccccc1F)c1cccc([N+](=O)[O-])c1.